The van der Waals surface area contributed by atoms with Gasteiger partial charge in [-0.25, -0.2) is 4.39 Å². The van der Waals surface area contributed by atoms with Gasteiger partial charge >= 0.3 is 0 Å². The second kappa shape index (κ2) is 7.79. The van der Waals surface area contributed by atoms with E-state index >= 15 is 0 Å². The molecule has 0 amide bonds. The average molecular weight is 293 g/mol. The molecule has 3 heteroatoms. The minimum atomic E-state index is -0.178. The number of halogens is 1. The smallest absolute Gasteiger partial charge is 0.131 e. The monoisotopic (exact) mass is 293 g/mol. The van der Waals surface area contributed by atoms with Gasteiger partial charge in [0.25, 0.3) is 0 Å². The van der Waals surface area contributed by atoms with Crippen LogP contribution in [0.4, 0.5) is 4.39 Å². The molecule has 1 aliphatic rings. The first-order valence-electron chi connectivity index (χ1n) is 8.33. The molecule has 0 heterocycles. The average Bonchev–Trinajstić information content (AvgIpc) is 2.48. The molecule has 118 valence electrons. The third-order valence-electron chi connectivity index (χ3n) is 4.62. The maximum atomic E-state index is 14.2. The minimum Gasteiger partial charge on any atom is -0.490 e. The number of hydrogen-bond acceptors (Lipinski definition) is 2. The number of rotatable bonds is 6. The van der Waals surface area contributed by atoms with Crippen molar-refractivity contribution in [3.63, 3.8) is 0 Å². The molecule has 1 atom stereocenters. The minimum absolute atomic E-state index is 0.0315. The van der Waals surface area contributed by atoms with Crippen molar-refractivity contribution >= 4 is 0 Å². The van der Waals surface area contributed by atoms with Gasteiger partial charge in [0, 0.05) is 17.7 Å². The molecule has 1 saturated carbocycles. The van der Waals surface area contributed by atoms with E-state index in [1.807, 2.05) is 26.0 Å². The van der Waals surface area contributed by atoms with Crippen molar-refractivity contribution in [1.29, 1.82) is 0 Å². The Morgan fingerprint density at radius 2 is 1.95 bits per heavy atom. The third-order valence-corrected chi connectivity index (χ3v) is 4.62. The van der Waals surface area contributed by atoms with Gasteiger partial charge in [-0.05, 0) is 51.1 Å². The van der Waals surface area contributed by atoms with Crippen molar-refractivity contribution in [3.05, 3.63) is 29.6 Å². The highest BCUT2D eigenvalue weighted by atomic mass is 19.1. The second-order valence-corrected chi connectivity index (χ2v) is 6.13. The lowest BCUT2D eigenvalue weighted by Crippen LogP contribution is -2.24. The van der Waals surface area contributed by atoms with E-state index < -0.39 is 0 Å². The third kappa shape index (κ3) is 4.44. The molecule has 1 aliphatic carbocycles. The molecule has 2 nitrogen and oxygen atoms in total. The maximum Gasteiger partial charge on any atom is 0.131 e. The predicted octanol–water partition coefficient (Wildman–Crippen LogP) is 4.84. The van der Waals surface area contributed by atoms with Crippen LogP contribution in [0, 0.1) is 11.7 Å². The van der Waals surface area contributed by atoms with E-state index in [9.17, 15) is 4.39 Å². The highest BCUT2D eigenvalue weighted by Crippen LogP contribution is 2.30. The zero-order chi connectivity index (χ0) is 15.2. The van der Waals surface area contributed by atoms with Gasteiger partial charge < -0.3 is 10.1 Å². The summed E-state index contributed by atoms with van der Waals surface area (Å²) >= 11 is 0. The first-order valence-corrected chi connectivity index (χ1v) is 8.33. The van der Waals surface area contributed by atoms with E-state index in [4.69, 9.17) is 4.74 Å². The summed E-state index contributed by atoms with van der Waals surface area (Å²) < 4.78 is 20.1. The van der Waals surface area contributed by atoms with Gasteiger partial charge in [-0.1, -0.05) is 26.3 Å². The molecule has 1 unspecified atom stereocenters. The van der Waals surface area contributed by atoms with Crippen LogP contribution in [0.15, 0.2) is 18.2 Å². The summed E-state index contributed by atoms with van der Waals surface area (Å²) in [5.41, 5.74) is 0.707. The van der Waals surface area contributed by atoms with Crippen molar-refractivity contribution in [1.82, 2.24) is 5.32 Å². The normalized spacial score (nSPS) is 23.8. The van der Waals surface area contributed by atoms with Crippen LogP contribution in [0.1, 0.15) is 64.5 Å². The Kier molecular flexibility index (Phi) is 6.04. The van der Waals surface area contributed by atoms with Crippen LogP contribution in [0.25, 0.3) is 0 Å². The topological polar surface area (TPSA) is 21.3 Å². The largest absolute Gasteiger partial charge is 0.490 e. The van der Waals surface area contributed by atoms with E-state index in [0.717, 1.165) is 25.3 Å². The molecular weight excluding hydrogens is 265 g/mol. The van der Waals surface area contributed by atoms with Gasteiger partial charge in [-0.3, -0.25) is 0 Å². The molecule has 1 aromatic rings. The molecular formula is C18H28FNO. The van der Waals surface area contributed by atoms with E-state index in [1.165, 1.54) is 25.3 Å². The van der Waals surface area contributed by atoms with Gasteiger partial charge in [0.05, 0.1) is 6.10 Å². The zero-order valence-electron chi connectivity index (χ0n) is 13.5. The van der Waals surface area contributed by atoms with Crippen molar-refractivity contribution in [3.8, 4) is 5.75 Å². The van der Waals surface area contributed by atoms with Crippen molar-refractivity contribution in [2.75, 3.05) is 6.54 Å². The predicted molar refractivity (Wildman–Crippen MR) is 85.2 cm³/mol. The molecule has 0 bridgehead atoms. The van der Waals surface area contributed by atoms with Crippen LogP contribution in [0.2, 0.25) is 0 Å². The van der Waals surface area contributed by atoms with Crippen LogP contribution in [0.3, 0.4) is 0 Å². The Morgan fingerprint density at radius 1 is 1.24 bits per heavy atom. The molecule has 2 rings (SSSR count). The fraction of sp³-hybridized carbons (Fsp3) is 0.667. The summed E-state index contributed by atoms with van der Waals surface area (Å²) in [4.78, 5) is 0. The first-order chi connectivity index (χ1) is 10.1. The molecule has 0 spiro atoms. The molecule has 0 aromatic heterocycles. The maximum absolute atomic E-state index is 14.2. The van der Waals surface area contributed by atoms with Gasteiger partial charge in [0.2, 0.25) is 0 Å². The Morgan fingerprint density at radius 3 is 2.52 bits per heavy atom. The summed E-state index contributed by atoms with van der Waals surface area (Å²) in [6.45, 7) is 7.10. The van der Waals surface area contributed by atoms with Gasteiger partial charge in [0.1, 0.15) is 11.6 Å². The summed E-state index contributed by atoms with van der Waals surface area (Å²) in [6.07, 6.45) is 6.17. The lowest BCUT2D eigenvalue weighted by molar-refractivity contribution is 0.129. The highest BCUT2D eigenvalue weighted by Gasteiger charge is 2.21. The number of ether oxygens (including phenoxy) is 1. The molecule has 1 N–H and O–H groups in total. The summed E-state index contributed by atoms with van der Waals surface area (Å²) in [7, 11) is 0. The fourth-order valence-electron chi connectivity index (χ4n) is 3.20. The molecule has 0 aliphatic heterocycles. The van der Waals surface area contributed by atoms with Crippen LogP contribution in [0.5, 0.6) is 5.75 Å². The van der Waals surface area contributed by atoms with Crippen LogP contribution >= 0.6 is 0 Å². The number of nitrogens with one attached hydrogen (secondary N) is 1. The number of benzene rings is 1. The van der Waals surface area contributed by atoms with Crippen molar-refractivity contribution in [2.45, 2.75) is 65.0 Å². The molecule has 0 radical (unpaired) electrons. The van der Waals surface area contributed by atoms with E-state index in [2.05, 4.69) is 12.2 Å². The first kappa shape index (κ1) is 16.3. The summed E-state index contributed by atoms with van der Waals surface area (Å²) in [5, 5.41) is 3.23. The van der Waals surface area contributed by atoms with E-state index in [0.29, 0.717) is 11.3 Å². The summed E-state index contributed by atoms with van der Waals surface area (Å²) in [6, 6.07) is 5.31. The quantitative estimate of drug-likeness (QED) is 0.810. The molecule has 21 heavy (non-hydrogen) atoms. The van der Waals surface area contributed by atoms with Crippen LogP contribution in [-0.4, -0.2) is 12.6 Å². The lowest BCUT2D eigenvalue weighted by atomic mass is 9.86. The van der Waals surface area contributed by atoms with Crippen molar-refractivity contribution in [2.24, 2.45) is 5.92 Å². The van der Waals surface area contributed by atoms with Crippen molar-refractivity contribution < 1.29 is 9.13 Å². The lowest BCUT2D eigenvalue weighted by Gasteiger charge is -2.28. The van der Waals surface area contributed by atoms with Crippen LogP contribution < -0.4 is 10.1 Å². The Balaban J connectivity index is 1.94. The van der Waals surface area contributed by atoms with Gasteiger partial charge in [-0.15, -0.1) is 0 Å². The van der Waals surface area contributed by atoms with Crippen LogP contribution in [-0.2, 0) is 0 Å². The summed E-state index contributed by atoms with van der Waals surface area (Å²) in [5.74, 6) is 1.34. The standard InChI is InChI=1S/C18H28FNO/c1-4-14-6-8-15(9-7-14)21-16-10-11-17(18(19)12-16)13(3)20-5-2/h10-15,20H,4-9H2,1-3H3. The Hall–Kier alpha value is -1.09. The van der Waals surface area contributed by atoms with Gasteiger partial charge in [0.15, 0.2) is 0 Å². The SMILES string of the molecule is CCNC(C)c1ccc(OC2CCC(CC)CC2)cc1F. The fourth-order valence-corrected chi connectivity index (χ4v) is 3.20. The van der Waals surface area contributed by atoms with Gasteiger partial charge in [-0.2, -0.15) is 0 Å². The molecule has 0 saturated heterocycles. The Labute approximate surface area is 128 Å². The molecule has 1 aromatic carbocycles. The van der Waals surface area contributed by atoms with E-state index in [1.54, 1.807) is 0 Å². The highest BCUT2D eigenvalue weighted by molar-refractivity contribution is 5.30. The second-order valence-electron chi connectivity index (χ2n) is 6.13. The van der Waals surface area contributed by atoms with E-state index in [-0.39, 0.29) is 18.0 Å². The Bertz CT molecular complexity index is 441. The number of hydrogen-bond donors (Lipinski definition) is 1. The zero-order valence-corrected chi connectivity index (χ0v) is 13.5. The molecule has 1 fully saturated rings.